The number of aryl methyl sites for hydroxylation is 1. The number of likely N-dealkylation sites (tertiary alicyclic amines) is 1. The second kappa shape index (κ2) is 7.45. The number of carbonyl (C=O) groups excluding carboxylic acids is 1. The molecule has 5 heteroatoms. The molecule has 1 saturated heterocycles. The molecule has 1 fully saturated rings. The van der Waals surface area contributed by atoms with Crippen molar-refractivity contribution in [3.05, 3.63) is 45.9 Å². The summed E-state index contributed by atoms with van der Waals surface area (Å²) in [4.78, 5) is 16.5. The van der Waals surface area contributed by atoms with Gasteiger partial charge in [0.15, 0.2) is 0 Å². The summed E-state index contributed by atoms with van der Waals surface area (Å²) < 4.78 is 18.6. The average Bonchev–Trinajstić information content (AvgIpc) is 3.20. The minimum Gasteiger partial charge on any atom is -0.381 e. The fourth-order valence-electron chi connectivity index (χ4n) is 3.10. The number of halogens is 1. The molecule has 0 N–H and O–H groups in total. The number of hydrogen-bond donors (Lipinski definition) is 0. The predicted molar refractivity (Wildman–Crippen MR) is 95.0 cm³/mol. The van der Waals surface area contributed by atoms with Crippen LogP contribution in [-0.4, -0.2) is 37.1 Å². The zero-order chi connectivity index (χ0) is 17.1. The average molecular weight is 347 g/mol. The maximum atomic E-state index is 13.1. The van der Waals surface area contributed by atoms with Gasteiger partial charge in [0.05, 0.1) is 11.5 Å². The molecule has 0 radical (unpaired) electrons. The molecule has 2 aromatic rings. The van der Waals surface area contributed by atoms with Crippen LogP contribution in [0.3, 0.4) is 0 Å². The fraction of sp³-hybridized carbons (Fsp3) is 0.421. The van der Waals surface area contributed by atoms with Gasteiger partial charge in [-0.05, 0) is 49.6 Å². The van der Waals surface area contributed by atoms with Gasteiger partial charge in [-0.3, -0.25) is 4.79 Å². The molecule has 1 aliphatic heterocycles. The van der Waals surface area contributed by atoms with Crippen LogP contribution in [0, 0.1) is 18.7 Å². The first-order valence-electron chi connectivity index (χ1n) is 8.32. The van der Waals surface area contributed by atoms with Crippen LogP contribution in [0.15, 0.2) is 30.3 Å². The molecule has 1 atom stereocenters. The molecular weight excluding hydrogens is 325 g/mol. The quantitative estimate of drug-likeness (QED) is 0.804. The summed E-state index contributed by atoms with van der Waals surface area (Å²) in [6, 6.07) is 8.35. The molecule has 1 aromatic carbocycles. The molecule has 24 heavy (non-hydrogen) atoms. The first-order valence-corrected chi connectivity index (χ1v) is 9.13. The van der Waals surface area contributed by atoms with Gasteiger partial charge < -0.3 is 9.64 Å². The van der Waals surface area contributed by atoms with Crippen LogP contribution < -0.4 is 0 Å². The highest BCUT2D eigenvalue weighted by Gasteiger charge is 2.28. The van der Waals surface area contributed by atoms with E-state index in [9.17, 15) is 9.18 Å². The number of ether oxygens (including phenoxy) is 1. The van der Waals surface area contributed by atoms with E-state index >= 15 is 0 Å². The van der Waals surface area contributed by atoms with Crippen molar-refractivity contribution in [2.45, 2.75) is 20.3 Å². The SMILES string of the molecule is CCOCC1CCN(C(=O)c2cc(-c3ccc(F)cc3)c(C)s2)C1. The lowest BCUT2D eigenvalue weighted by Crippen LogP contribution is -2.28. The van der Waals surface area contributed by atoms with Gasteiger partial charge in [-0.2, -0.15) is 0 Å². The summed E-state index contributed by atoms with van der Waals surface area (Å²) in [5, 5.41) is 0. The summed E-state index contributed by atoms with van der Waals surface area (Å²) in [6.45, 7) is 6.99. The molecule has 1 unspecified atom stereocenters. The Morgan fingerprint density at radius 2 is 2.12 bits per heavy atom. The molecule has 0 aliphatic carbocycles. The molecule has 128 valence electrons. The van der Waals surface area contributed by atoms with Gasteiger partial charge in [0.1, 0.15) is 5.82 Å². The second-order valence-electron chi connectivity index (χ2n) is 6.15. The van der Waals surface area contributed by atoms with Gasteiger partial charge in [0.2, 0.25) is 0 Å². The monoisotopic (exact) mass is 347 g/mol. The van der Waals surface area contributed by atoms with Crippen LogP contribution in [0.1, 0.15) is 27.9 Å². The number of benzene rings is 1. The number of thiophene rings is 1. The molecule has 1 aliphatic rings. The van der Waals surface area contributed by atoms with E-state index in [0.717, 1.165) is 53.6 Å². The van der Waals surface area contributed by atoms with E-state index in [2.05, 4.69) is 0 Å². The number of rotatable bonds is 5. The Balaban J connectivity index is 1.73. The molecule has 0 bridgehead atoms. The third-order valence-corrected chi connectivity index (χ3v) is 5.45. The van der Waals surface area contributed by atoms with Gasteiger partial charge in [-0.25, -0.2) is 4.39 Å². The topological polar surface area (TPSA) is 29.5 Å². The molecule has 3 nitrogen and oxygen atoms in total. The second-order valence-corrected chi connectivity index (χ2v) is 7.41. The molecule has 1 aromatic heterocycles. The molecule has 2 heterocycles. The van der Waals surface area contributed by atoms with Crippen LogP contribution in [0.2, 0.25) is 0 Å². The Kier molecular flexibility index (Phi) is 5.31. The minimum atomic E-state index is -0.250. The number of amides is 1. The first-order chi connectivity index (χ1) is 11.6. The lowest BCUT2D eigenvalue weighted by atomic mass is 10.1. The van der Waals surface area contributed by atoms with Gasteiger partial charge in [-0.15, -0.1) is 11.3 Å². The van der Waals surface area contributed by atoms with Crippen molar-refractivity contribution in [2.24, 2.45) is 5.92 Å². The summed E-state index contributed by atoms with van der Waals surface area (Å²) in [5.74, 6) is 0.280. The van der Waals surface area contributed by atoms with Crippen molar-refractivity contribution in [1.29, 1.82) is 0 Å². The Labute approximate surface area is 146 Å². The summed E-state index contributed by atoms with van der Waals surface area (Å²) in [5.41, 5.74) is 1.95. The normalized spacial score (nSPS) is 17.5. The molecule has 0 saturated carbocycles. The molecule has 0 spiro atoms. The van der Waals surface area contributed by atoms with E-state index < -0.39 is 0 Å². The van der Waals surface area contributed by atoms with Crippen molar-refractivity contribution in [3.8, 4) is 11.1 Å². The Bertz CT molecular complexity index is 711. The molecular formula is C19H22FNO2S. The number of nitrogens with zero attached hydrogens (tertiary/aromatic N) is 1. The summed E-state index contributed by atoms with van der Waals surface area (Å²) in [7, 11) is 0. The van der Waals surface area contributed by atoms with E-state index in [1.165, 1.54) is 23.5 Å². The third-order valence-electron chi connectivity index (χ3n) is 4.41. The summed E-state index contributed by atoms with van der Waals surface area (Å²) in [6.07, 6.45) is 1.00. The van der Waals surface area contributed by atoms with Crippen molar-refractivity contribution >= 4 is 17.2 Å². The maximum Gasteiger partial charge on any atom is 0.263 e. The van der Waals surface area contributed by atoms with Gasteiger partial charge in [0, 0.05) is 30.5 Å². The van der Waals surface area contributed by atoms with Crippen molar-refractivity contribution < 1.29 is 13.9 Å². The highest BCUT2D eigenvalue weighted by Crippen LogP contribution is 2.32. The van der Waals surface area contributed by atoms with Crippen LogP contribution >= 0.6 is 11.3 Å². The van der Waals surface area contributed by atoms with E-state index in [0.29, 0.717) is 5.92 Å². The van der Waals surface area contributed by atoms with E-state index in [-0.39, 0.29) is 11.7 Å². The van der Waals surface area contributed by atoms with Gasteiger partial charge in [0.25, 0.3) is 5.91 Å². The number of hydrogen-bond acceptors (Lipinski definition) is 3. The third kappa shape index (κ3) is 3.68. The van der Waals surface area contributed by atoms with Crippen LogP contribution in [0.25, 0.3) is 11.1 Å². The zero-order valence-electron chi connectivity index (χ0n) is 14.0. The van der Waals surface area contributed by atoms with Crippen LogP contribution in [0.5, 0.6) is 0 Å². The van der Waals surface area contributed by atoms with Crippen molar-refractivity contribution in [3.63, 3.8) is 0 Å². The predicted octanol–water partition coefficient (Wildman–Crippen LogP) is 4.36. The van der Waals surface area contributed by atoms with E-state index in [1.54, 1.807) is 12.1 Å². The minimum absolute atomic E-state index is 0.0930. The van der Waals surface area contributed by atoms with Crippen LogP contribution in [0.4, 0.5) is 4.39 Å². The van der Waals surface area contributed by atoms with Gasteiger partial charge >= 0.3 is 0 Å². The lowest BCUT2D eigenvalue weighted by Gasteiger charge is -2.15. The first kappa shape index (κ1) is 17.1. The maximum absolute atomic E-state index is 13.1. The smallest absolute Gasteiger partial charge is 0.263 e. The highest BCUT2D eigenvalue weighted by atomic mass is 32.1. The van der Waals surface area contributed by atoms with E-state index in [4.69, 9.17) is 4.74 Å². The van der Waals surface area contributed by atoms with Crippen molar-refractivity contribution in [2.75, 3.05) is 26.3 Å². The molecule has 3 rings (SSSR count). The lowest BCUT2D eigenvalue weighted by molar-refractivity contribution is 0.0767. The van der Waals surface area contributed by atoms with Crippen molar-refractivity contribution in [1.82, 2.24) is 4.90 Å². The van der Waals surface area contributed by atoms with E-state index in [1.807, 2.05) is 24.8 Å². The number of carbonyl (C=O) groups is 1. The highest BCUT2D eigenvalue weighted by molar-refractivity contribution is 7.14. The largest absolute Gasteiger partial charge is 0.381 e. The Hall–Kier alpha value is -1.72. The zero-order valence-corrected chi connectivity index (χ0v) is 14.9. The van der Waals surface area contributed by atoms with Crippen LogP contribution in [-0.2, 0) is 4.74 Å². The Morgan fingerprint density at radius 1 is 1.38 bits per heavy atom. The molecule has 1 amide bonds. The van der Waals surface area contributed by atoms with Gasteiger partial charge in [-0.1, -0.05) is 12.1 Å². The summed E-state index contributed by atoms with van der Waals surface area (Å²) >= 11 is 1.51. The fourth-order valence-corrected chi connectivity index (χ4v) is 4.11. The Morgan fingerprint density at radius 3 is 2.83 bits per heavy atom. The standard InChI is InChI=1S/C19H22FNO2S/c1-3-23-12-14-8-9-21(11-14)19(22)18-10-17(13(2)24-18)15-4-6-16(20)7-5-15/h4-7,10,14H,3,8-9,11-12H2,1-2H3.